The number of allylic oxidation sites excluding steroid dienone is 4. The predicted octanol–water partition coefficient (Wildman–Crippen LogP) is 10.9. The van der Waals surface area contributed by atoms with Gasteiger partial charge < -0.3 is 4.74 Å². The van der Waals surface area contributed by atoms with Crippen molar-refractivity contribution in [1.29, 1.82) is 0 Å². The zero-order valence-corrected chi connectivity index (χ0v) is 27.6. The number of nitrogens with zero attached hydrogens (tertiary/aromatic N) is 2. The van der Waals surface area contributed by atoms with Crippen molar-refractivity contribution in [2.24, 2.45) is 9.98 Å². The van der Waals surface area contributed by atoms with Crippen molar-refractivity contribution in [1.82, 2.24) is 0 Å². The lowest BCUT2D eigenvalue weighted by Crippen LogP contribution is -2.18. The molecule has 0 radical (unpaired) electrons. The molecule has 0 amide bonds. The largest absolute Gasteiger partial charge is 0.454 e. The first-order valence-corrected chi connectivity index (χ1v) is 14.7. The fourth-order valence-corrected chi connectivity index (χ4v) is 5.11. The van der Waals surface area contributed by atoms with Gasteiger partial charge in [0, 0.05) is 0 Å². The van der Waals surface area contributed by atoms with Crippen LogP contribution in [-0.2, 0) is 26.4 Å². The van der Waals surface area contributed by atoms with Gasteiger partial charge in [-0.15, -0.1) is 0 Å². The van der Waals surface area contributed by atoms with Crippen molar-refractivity contribution in [3.05, 3.63) is 82.3 Å². The lowest BCUT2D eigenvalue weighted by Gasteiger charge is -2.29. The van der Waals surface area contributed by atoms with E-state index in [1.165, 1.54) is 22.3 Å². The highest BCUT2D eigenvalue weighted by molar-refractivity contribution is 6.03. The summed E-state index contributed by atoms with van der Waals surface area (Å²) < 4.78 is 6.52. The van der Waals surface area contributed by atoms with E-state index in [0.717, 1.165) is 40.7 Å². The average Bonchev–Trinajstić information content (AvgIpc) is 2.81. The van der Waals surface area contributed by atoms with Crippen LogP contribution in [0.5, 0.6) is 0 Å². The van der Waals surface area contributed by atoms with Gasteiger partial charge in [-0.1, -0.05) is 119 Å². The summed E-state index contributed by atoms with van der Waals surface area (Å²) in [5, 5.41) is 0. The summed E-state index contributed by atoms with van der Waals surface area (Å²) in [5.41, 5.74) is 8.76. The van der Waals surface area contributed by atoms with E-state index in [1.54, 1.807) is 0 Å². The van der Waals surface area contributed by atoms with Crippen LogP contribution in [-0.4, -0.2) is 11.4 Å². The van der Waals surface area contributed by atoms with Gasteiger partial charge in [-0.3, -0.25) is 0 Å². The van der Waals surface area contributed by atoms with Gasteiger partial charge in [-0.05, 0) is 76.3 Å². The van der Waals surface area contributed by atoms with Crippen LogP contribution in [0.15, 0.2) is 70.1 Å². The minimum Gasteiger partial charge on any atom is -0.454 e. The summed E-state index contributed by atoms with van der Waals surface area (Å²) in [6.45, 7) is 31.1. The van der Waals surface area contributed by atoms with E-state index in [2.05, 4.69) is 145 Å². The number of para-hydroxylation sites is 2. The molecule has 216 valence electrons. The maximum absolute atomic E-state index is 6.52. The van der Waals surface area contributed by atoms with Crippen LogP contribution >= 0.6 is 0 Å². The SMILES string of the molecule is CC(=Nc1c(C(C)(C)C)cccc1C(C)(C)C)C1=CCC=C(C(C)=Nc2c(C(C)(C)C)cccc2C(C)(C)C)O1. The molecular weight excluding hydrogens is 488 g/mol. The number of rotatable bonds is 4. The van der Waals surface area contributed by atoms with Gasteiger partial charge in [-0.25, -0.2) is 9.98 Å². The van der Waals surface area contributed by atoms with Gasteiger partial charge in [0.25, 0.3) is 0 Å². The van der Waals surface area contributed by atoms with Crippen molar-refractivity contribution in [3.63, 3.8) is 0 Å². The van der Waals surface area contributed by atoms with Crippen LogP contribution in [0.1, 0.15) is 126 Å². The van der Waals surface area contributed by atoms with Gasteiger partial charge in [0.15, 0.2) is 0 Å². The standard InChI is InChI=1S/C37H52N2O/c1-24(38-32-26(34(3,4)5)18-15-19-27(32)35(6,7)8)30-22-17-23-31(40-30)25(2)39-33-28(36(9,10)11)20-16-21-29(33)37(12,13)14/h15-16,18-23H,17H2,1-14H3. The second-order valence-corrected chi connectivity index (χ2v) is 15.3. The Morgan fingerprint density at radius 1 is 0.525 bits per heavy atom. The molecule has 3 nitrogen and oxygen atoms in total. The molecule has 0 atom stereocenters. The molecule has 0 N–H and O–H groups in total. The van der Waals surface area contributed by atoms with Crippen LogP contribution in [0.3, 0.4) is 0 Å². The molecule has 3 rings (SSSR count). The number of ether oxygens (including phenoxy) is 1. The number of hydrogen-bond donors (Lipinski definition) is 0. The van der Waals surface area contributed by atoms with Gasteiger partial charge in [-0.2, -0.15) is 0 Å². The molecule has 0 bridgehead atoms. The fourth-order valence-electron chi connectivity index (χ4n) is 5.11. The summed E-state index contributed by atoms with van der Waals surface area (Å²) in [6.07, 6.45) is 5.02. The minimum absolute atomic E-state index is 0.0261. The zero-order chi connectivity index (χ0) is 30.3. The topological polar surface area (TPSA) is 34.0 Å². The van der Waals surface area contributed by atoms with Crippen LogP contribution in [0, 0.1) is 0 Å². The summed E-state index contributed by atoms with van der Waals surface area (Å²) in [7, 11) is 0. The van der Waals surface area contributed by atoms with Crippen LogP contribution in [0.25, 0.3) is 0 Å². The highest BCUT2D eigenvalue weighted by Crippen LogP contribution is 2.42. The van der Waals surface area contributed by atoms with Gasteiger partial charge >= 0.3 is 0 Å². The van der Waals surface area contributed by atoms with E-state index >= 15 is 0 Å². The first kappa shape index (κ1) is 31.6. The Kier molecular flexibility index (Phi) is 8.80. The number of benzene rings is 2. The Morgan fingerprint density at radius 2 is 0.800 bits per heavy atom. The molecule has 3 heteroatoms. The molecule has 0 aliphatic carbocycles. The van der Waals surface area contributed by atoms with Crippen LogP contribution in [0.2, 0.25) is 0 Å². The third-order valence-electron chi connectivity index (χ3n) is 7.40. The lowest BCUT2D eigenvalue weighted by atomic mass is 9.79. The van der Waals surface area contributed by atoms with Gasteiger partial charge in [0.05, 0.1) is 22.8 Å². The quantitative estimate of drug-likeness (QED) is 0.355. The Labute approximate surface area is 244 Å². The maximum Gasteiger partial charge on any atom is 0.145 e. The third-order valence-corrected chi connectivity index (χ3v) is 7.40. The Bertz CT molecular complexity index is 1200. The molecule has 2 aromatic rings. The molecule has 0 fully saturated rings. The van der Waals surface area contributed by atoms with Crippen molar-refractivity contribution >= 4 is 22.8 Å². The molecule has 0 saturated carbocycles. The molecular formula is C37H52N2O. The van der Waals surface area contributed by atoms with Crippen LogP contribution in [0.4, 0.5) is 11.4 Å². The van der Waals surface area contributed by atoms with Crippen molar-refractivity contribution < 1.29 is 4.74 Å². The van der Waals surface area contributed by atoms with Crippen molar-refractivity contribution in [2.45, 2.75) is 125 Å². The molecule has 1 heterocycles. The first-order chi connectivity index (χ1) is 18.2. The second kappa shape index (κ2) is 11.1. The Morgan fingerprint density at radius 3 is 1.05 bits per heavy atom. The molecule has 2 aromatic carbocycles. The zero-order valence-electron chi connectivity index (χ0n) is 27.6. The smallest absolute Gasteiger partial charge is 0.145 e. The van der Waals surface area contributed by atoms with Crippen molar-refractivity contribution in [2.75, 3.05) is 0 Å². The third kappa shape index (κ3) is 7.22. The van der Waals surface area contributed by atoms with E-state index in [-0.39, 0.29) is 21.7 Å². The summed E-state index contributed by atoms with van der Waals surface area (Å²) in [5.74, 6) is 1.60. The Balaban J connectivity index is 2.04. The fraction of sp³-hybridized carbons (Fsp3) is 0.514. The molecule has 1 aliphatic heterocycles. The predicted molar refractivity (Wildman–Crippen MR) is 175 cm³/mol. The van der Waals surface area contributed by atoms with Crippen molar-refractivity contribution in [3.8, 4) is 0 Å². The molecule has 0 aromatic heterocycles. The number of hydrogen-bond acceptors (Lipinski definition) is 3. The minimum atomic E-state index is -0.0261. The van der Waals surface area contributed by atoms with Gasteiger partial charge in [0.2, 0.25) is 0 Å². The molecule has 1 aliphatic rings. The average molecular weight is 541 g/mol. The van der Waals surface area contributed by atoms with E-state index in [0.29, 0.717) is 0 Å². The van der Waals surface area contributed by atoms with E-state index in [9.17, 15) is 0 Å². The summed E-state index contributed by atoms with van der Waals surface area (Å²) >= 11 is 0. The normalized spacial score (nSPS) is 15.9. The first-order valence-electron chi connectivity index (χ1n) is 14.7. The lowest BCUT2D eigenvalue weighted by molar-refractivity contribution is 0.343. The van der Waals surface area contributed by atoms with E-state index in [4.69, 9.17) is 14.7 Å². The maximum atomic E-state index is 6.52. The molecule has 40 heavy (non-hydrogen) atoms. The second-order valence-electron chi connectivity index (χ2n) is 15.3. The summed E-state index contributed by atoms with van der Waals surface area (Å²) in [4.78, 5) is 10.5. The van der Waals surface area contributed by atoms with E-state index < -0.39 is 0 Å². The molecule has 0 unspecified atom stereocenters. The highest BCUT2D eigenvalue weighted by Gasteiger charge is 2.27. The molecule has 0 saturated heterocycles. The van der Waals surface area contributed by atoms with E-state index in [1.807, 2.05) is 0 Å². The van der Waals surface area contributed by atoms with Gasteiger partial charge in [0.1, 0.15) is 11.5 Å². The highest BCUT2D eigenvalue weighted by atomic mass is 16.5. The monoisotopic (exact) mass is 540 g/mol. The van der Waals surface area contributed by atoms with Crippen LogP contribution < -0.4 is 0 Å². The summed E-state index contributed by atoms with van der Waals surface area (Å²) in [6, 6.07) is 13.2. The molecule has 0 spiro atoms. The Hall–Kier alpha value is -2.94. The number of aliphatic imine (C=N–C) groups is 2.